The fourth-order valence-corrected chi connectivity index (χ4v) is 19.1. The molecule has 27 aromatic rings. The van der Waals surface area contributed by atoms with E-state index in [0.717, 1.165) is 193 Å². The molecule has 12 nitrogen and oxygen atoms in total. The van der Waals surface area contributed by atoms with E-state index in [2.05, 4.69) is 358 Å². The number of benzene rings is 21. The van der Waals surface area contributed by atoms with Gasteiger partial charge in [-0.1, -0.05) is 406 Å². The minimum absolute atomic E-state index is 0.634. The summed E-state index contributed by atoms with van der Waals surface area (Å²) in [5.74, 6) is 5.76. The summed E-state index contributed by atoms with van der Waals surface area (Å²) < 4.78 is 18.4. The van der Waals surface area contributed by atoms with Crippen molar-refractivity contribution in [2.45, 2.75) is 0 Å². The van der Waals surface area contributed by atoms with Crippen molar-refractivity contribution in [2.75, 3.05) is 0 Å². The number of furan rings is 3. The van der Waals surface area contributed by atoms with Crippen molar-refractivity contribution in [1.82, 2.24) is 44.9 Å². The van der Waals surface area contributed by atoms with Crippen LogP contribution < -0.4 is 0 Å². The molecule has 6 heterocycles. The summed E-state index contributed by atoms with van der Waals surface area (Å²) in [6.07, 6.45) is 0. The third kappa shape index (κ3) is 15.9. The Bertz CT molecular complexity index is 9280. The Morgan fingerprint density at radius 3 is 0.770 bits per heavy atom. The lowest BCUT2D eigenvalue weighted by Gasteiger charge is -2.13. The predicted molar refractivity (Wildman–Crippen MR) is 567 cm³/mol. The molecule has 0 aliphatic heterocycles. The lowest BCUT2D eigenvalue weighted by atomic mass is 9.94. The van der Waals surface area contributed by atoms with Crippen molar-refractivity contribution in [3.8, 4) is 158 Å². The molecule has 21 aromatic carbocycles. The smallest absolute Gasteiger partial charge is 0.164 e. The molecular formula is C127H79N9O3. The first-order valence-corrected chi connectivity index (χ1v) is 46.4. The van der Waals surface area contributed by atoms with Gasteiger partial charge in [0.2, 0.25) is 0 Å². The van der Waals surface area contributed by atoms with Gasteiger partial charge >= 0.3 is 0 Å². The maximum Gasteiger partial charge on any atom is 0.164 e. The summed E-state index contributed by atoms with van der Waals surface area (Å²) >= 11 is 0. The number of hydrogen-bond donors (Lipinski definition) is 0. The Labute approximate surface area is 799 Å². The van der Waals surface area contributed by atoms with Crippen LogP contribution in [-0.2, 0) is 0 Å². The van der Waals surface area contributed by atoms with E-state index >= 15 is 0 Å². The molecule has 0 aliphatic carbocycles. The van der Waals surface area contributed by atoms with E-state index in [1.165, 1.54) is 21.9 Å². The lowest BCUT2D eigenvalue weighted by Crippen LogP contribution is -2.01. The number of rotatable bonds is 14. The van der Waals surface area contributed by atoms with Crippen LogP contribution in [0, 0.1) is 0 Å². The van der Waals surface area contributed by atoms with Gasteiger partial charge in [-0.15, -0.1) is 0 Å². The molecule has 12 heteroatoms. The molecule has 0 amide bonds. The minimum atomic E-state index is 0.634. The second-order valence-corrected chi connectivity index (χ2v) is 34.5. The van der Waals surface area contributed by atoms with Crippen molar-refractivity contribution < 1.29 is 13.3 Å². The fraction of sp³-hybridized carbons (Fsp3) is 0. The number of para-hydroxylation sites is 3. The largest absolute Gasteiger partial charge is 0.456 e. The molecule has 0 radical (unpaired) electrons. The zero-order valence-electron chi connectivity index (χ0n) is 74.9. The van der Waals surface area contributed by atoms with E-state index in [1.807, 2.05) is 121 Å². The molecule has 0 atom stereocenters. The van der Waals surface area contributed by atoms with Crippen LogP contribution in [-0.4, -0.2) is 44.9 Å². The summed E-state index contributed by atoms with van der Waals surface area (Å²) in [5, 5.41) is 15.8. The van der Waals surface area contributed by atoms with E-state index in [4.69, 9.17) is 58.1 Å². The molecule has 650 valence electrons. The summed E-state index contributed by atoms with van der Waals surface area (Å²) in [6.45, 7) is 0. The number of hydrogen-bond acceptors (Lipinski definition) is 12. The second kappa shape index (κ2) is 35.6. The quantitative estimate of drug-likeness (QED) is 0.102. The van der Waals surface area contributed by atoms with Crippen LogP contribution in [0.1, 0.15) is 0 Å². The van der Waals surface area contributed by atoms with Gasteiger partial charge < -0.3 is 13.3 Å². The Kier molecular flexibility index (Phi) is 21.0. The van der Waals surface area contributed by atoms with Crippen LogP contribution >= 0.6 is 0 Å². The Morgan fingerprint density at radius 2 is 0.367 bits per heavy atom. The van der Waals surface area contributed by atoms with Crippen LogP contribution in [0.15, 0.2) is 492 Å². The molecule has 0 N–H and O–H groups in total. The summed E-state index contributed by atoms with van der Waals surface area (Å²) in [4.78, 5) is 45.2. The van der Waals surface area contributed by atoms with Gasteiger partial charge in [0.15, 0.2) is 52.4 Å². The van der Waals surface area contributed by atoms with Crippen LogP contribution in [0.4, 0.5) is 0 Å². The lowest BCUT2D eigenvalue weighted by molar-refractivity contribution is 0.668. The first kappa shape index (κ1) is 82.0. The van der Waals surface area contributed by atoms with Crippen molar-refractivity contribution in [1.29, 1.82) is 0 Å². The van der Waals surface area contributed by atoms with Crippen molar-refractivity contribution >= 4 is 109 Å². The van der Waals surface area contributed by atoms with Gasteiger partial charge in [-0.05, 0) is 172 Å². The SMILES string of the molecule is c1ccc(-c2ccc(-c3nc(-c4ccccc4)nc(-c4ccc(-c5ccc6oc7ccccc7c6c5)c5ccccc45)n3)cc2)cc1.c1ccc(-c2ccc(-c3nc(-c4ccccc4)nc(-c4ccc(-c5cccc6oc7ccccc7c56)cc4)n3)cc2)cc1.c1ccc2cc(-c3nc(-c4ccc5ccccc5c4)nc(-c4ccc(-c5ccc6oc7ccccc7c6c5)c5ccccc45)n3)ccc2c1. The molecule has 0 fully saturated rings. The van der Waals surface area contributed by atoms with Gasteiger partial charge in [-0.2, -0.15) is 0 Å². The molecule has 6 aromatic heterocycles. The Morgan fingerprint density at radius 1 is 0.115 bits per heavy atom. The van der Waals surface area contributed by atoms with Gasteiger partial charge in [0.05, 0.1) is 0 Å². The highest BCUT2D eigenvalue weighted by molar-refractivity contribution is 6.14. The zero-order valence-corrected chi connectivity index (χ0v) is 74.9. The molecular weight excluding hydrogens is 1700 g/mol. The summed E-state index contributed by atoms with van der Waals surface area (Å²) in [7, 11) is 0. The van der Waals surface area contributed by atoms with E-state index in [-0.39, 0.29) is 0 Å². The normalized spacial score (nSPS) is 11.5. The molecule has 27 rings (SSSR count). The highest BCUT2D eigenvalue weighted by Gasteiger charge is 2.23. The Hall–Kier alpha value is -18.9. The van der Waals surface area contributed by atoms with E-state index in [9.17, 15) is 0 Å². The third-order valence-corrected chi connectivity index (χ3v) is 26.0. The highest BCUT2D eigenvalue weighted by atomic mass is 16.3. The number of fused-ring (bicyclic) bond motifs is 13. The van der Waals surface area contributed by atoms with E-state index in [1.54, 1.807) is 0 Å². The first-order chi connectivity index (χ1) is 68.8. The van der Waals surface area contributed by atoms with Gasteiger partial charge in [-0.3, -0.25) is 0 Å². The van der Waals surface area contributed by atoms with Crippen molar-refractivity contribution in [3.63, 3.8) is 0 Å². The van der Waals surface area contributed by atoms with Crippen LogP contribution in [0.25, 0.3) is 267 Å². The van der Waals surface area contributed by atoms with Crippen LogP contribution in [0.2, 0.25) is 0 Å². The van der Waals surface area contributed by atoms with Gasteiger partial charge in [0.25, 0.3) is 0 Å². The van der Waals surface area contributed by atoms with Crippen molar-refractivity contribution in [3.05, 3.63) is 479 Å². The highest BCUT2D eigenvalue weighted by Crippen LogP contribution is 2.45. The standard InChI is InChI=1S/C45H27N3O.C43H27N3O.C39H25N3O/c1-3-11-30-25-33(19-17-28(30)9-1)43-46-44(34-20-18-29-10-2-4-12-31(29)26-34)48-45(47-43)39-23-22-35(36-13-5-6-14-37(36)39)32-21-24-42-40(27-32)38-15-7-8-16-41(38)49-42;1-3-11-28(12-4-1)29-19-21-31(22-20-29)42-44-41(30-13-5-2-6-14-30)45-43(46-42)37-25-24-33(34-15-7-8-16-35(34)37)32-23-26-40-38(27-32)36-17-9-10-18-39(36)47-40;1-3-10-26(11-4-1)27-18-22-30(23-19-27)38-40-37(29-12-5-2-6-13-29)41-39(42-38)31-24-20-28(21-25-31)32-15-9-17-35-36(32)33-14-7-8-16-34(33)43-35/h1-27H;1-27H;1-25H. The van der Waals surface area contributed by atoms with Crippen LogP contribution in [0.5, 0.6) is 0 Å². The van der Waals surface area contributed by atoms with Crippen molar-refractivity contribution in [2.24, 2.45) is 0 Å². The zero-order chi connectivity index (χ0) is 92.1. The molecule has 0 saturated carbocycles. The summed E-state index contributed by atoms with van der Waals surface area (Å²) in [5.41, 5.74) is 25.3. The maximum absolute atomic E-state index is 6.13. The topological polar surface area (TPSA) is 155 Å². The van der Waals surface area contributed by atoms with Gasteiger partial charge in [0, 0.05) is 82.4 Å². The van der Waals surface area contributed by atoms with E-state index < -0.39 is 0 Å². The van der Waals surface area contributed by atoms with Gasteiger partial charge in [0.1, 0.15) is 33.5 Å². The molecule has 0 bridgehead atoms. The minimum Gasteiger partial charge on any atom is -0.456 e. The van der Waals surface area contributed by atoms with Gasteiger partial charge in [-0.25, -0.2) is 44.9 Å². The molecule has 0 aliphatic rings. The third-order valence-electron chi connectivity index (χ3n) is 26.0. The predicted octanol–water partition coefficient (Wildman–Crippen LogP) is 33.3. The molecule has 0 saturated heterocycles. The average Bonchev–Trinajstić information content (AvgIpc) is 1.67. The molecule has 0 spiro atoms. The maximum atomic E-state index is 6.13. The number of nitrogens with zero attached hydrogens (tertiary/aromatic N) is 9. The monoisotopic (exact) mass is 1780 g/mol. The number of aromatic nitrogens is 9. The van der Waals surface area contributed by atoms with Crippen LogP contribution in [0.3, 0.4) is 0 Å². The second-order valence-electron chi connectivity index (χ2n) is 34.5. The molecule has 139 heavy (non-hydrogen) atoms. The van der Waals surface area contributed by atoms with E-state index in [0.29, 0.717) is 52.4 Å². The Balaban J connectivity index is 0.000000111. The first-order valence-electron chi connectivity index (χ1n) is 46.4. The molecule has 0 unspecified atom stereocenters. The summed E-state index contributed by atoms with van der Waals surface area (Å²) in [6, 6.07) is 165. The average molecular weight is 1780 g/mol. The fourth-order valence-electron chi connectivity index (χ4n) is 19.1.